The van der Waals surface area contributed by atoms with Gasteiger partial charge in [0, 0.05) is 12.1 Å². The summed E-state index contributed by atoms with van der Waals surface area (Å²) in [5.74, 6) is 0.154. The van der Waals surface area contributed by atoms with Crippen LogP contribution in [0.2, 0.25) is 0 Å². The van der Waals surface area contributed by atoms with E-state index in [2.05, 4.69) is 5.32 Å². The summed E-state index contributed by atoms with van der Waals surface area (Å²) >= 11 is 0. The van der Waals surface area contributed by atoms with Crippen LogP contribution in [0.15, 0.2) is 72.8 Å². The Balaban J connectivity index is 1.34. The zero-order valence-electron chi connectivity index (χ0n) is 18.2. The summed E-state index contributed by atoms with van der Waals surface area (Å²) in [6, 6.07) is 21.5. The smallest absolute Gasteiger partial charge is 0.261 e. The molecule has 3 aromatic rings. The molecule has 1 aliphatic heterocycles. The van der Waals surface area contributed by atoms with Gasteiger partial charge in [-0.3, -0.25) is 19.3 Å². The van der Waals surface area contributed by atoms with Gasteiger partial charge in [0.15, 0.2) is 11.5 Å². The third kappa shape index (κ3) is 4.87. The second-order valence-electron chi connectivity index (χ2n) is 7.51. The Morgan fingerprint density at radius 2 is 1.58 bits per heavy atom. The van der Waals surface area contributed by atoms with E-state index in [1.54, 1.807) is 31.4 Å². The third-order valence-electron chi connectivity index (χ3n) is 5.41. The van der Waals surface area contributed by atoms with Gasteiger partial charge in [0.2, 0.25) is 0 Å². The highest BCUT2D eigenvalue weighted by Crippen LogP contribution is 2.26. The first-order valence-corrected chi connectivity index (χ1v) is 10.7. The lowest BCUT2D eigenvalue weighted by molar-refractivity contribution is 0.0656. The number of hydrogen-bond acceptors (Lipinski definition) is 5. The number of nitrogens with one attached hydrogen (secondary N) is 1. The number of amides is 3. The zero-order valence-corrected chi connectivity index (χ0v) is 18.2. The summed E-state index contributed by atoms with van der Waals surface area (Å²) in [5.41, 5.74) is 1.94. The number of para-hydroxylation sites is 2. The van der Waals surface area contributed by atoms with Gasteiger partial charge in [-0.1, -0.05) is 42.5 Å². The number of rotatable bonds is 9. The van der Waals surface area contributed by atoms with Gasteiger partial charge < -0.3 is 14.8 Å². The zero-order chi connectivity index (χ0) is 23.2. The average molecular weight is 444 g/mol. The molecule has 0 saturated heterocycles. The molecule has 0 bridgehead atoms. The van der Waals surface area contributed by atoms with Crippen LogP contribution in [0.25, 0.3) is 0 Å². The molecular weight excluding hydrogens is 420 g/mol. The van der Waals surface area contributed by atoms with Crippen molar-refractivity contribution in [3.05, 3.63) is 95.1 Å². The maximum atomic E-state index is 12.8. The molecule has 1 heterocycles. The molecule has 0 aromatic heterocycles. The third-order valence-corrected chi connectivity index (χ3v) is 5.41. The summed E-state index contributed by atoms with van der Waals surface area (Å²) in [6.45, 7) is 0.809. The predicted octanol–water partition coefficient (Wildman–Crippen LogP) is 3.34. The topological polar surface area (TPSA) is 84.9 Å². The van der Waals surface area contributed by atoms with Crippen LogP contribution in [0.1, 0.15) is 36.6 Å². The fourth-order valence-corrected chi connectivity index (χ4v) is 3.69. The molecule has 7 heteroatoms. The molecule has 33 heavy (non-hydrogen) atoms. The first-order valence-electron chi connectivity index (χ1n) is 10.7. The van der Waals surface area contributed by atoms with Gasteiger partial charge >= 0.3 is 0 Å². The van der Waals surface area contributed by atoms with Gasteiger partial charge in [-0.25, -0.2) is 0 Å². The molecule has 1 N–H and O–H groups in total. The molecule has 0 atom stereocenters. The second kappa shape index (κ2) is 9.99. The Kier molecular flexibility index (Phi) is 6.69. The van der Waals surface area contributed by atoms with Crippen molar-refractivity contribution in [2.75, 3.05) is 26.8 Å². The van der Waals surface area contributed by atoms with E-state index in [4.69, 9.17) is 9.47 Å². The Labute approximate surface area is 191 Å². The van der Waals surface area contributed by atoms with Gasteiger partial charge in [0.1, 0.15) is 6.61 Å². The van der Waals surface area contributed by atoms with E-state index in [0.29, 0.717) is 29.0 Å². The second-order valence-corrected chi connectivity index (χ2v) is 7.51. The average Bonchev–Trinajstić information content (AvgIpc) is 3.10. The molecule has 168 valence electrons. The first kappa shape index (κ1) is 22.1. The van der Waals surface area contributed by atoms with Gasteiger partial charge in [-0.15, -0.1) is 0 Å². The molecule has 0 fully saturated rings. The van der Waals surface area contributed by atoms with Crippen LogP contribution in [0.3, 0.4) is 0 Å². The number of ether oxygens (including phenoxy) is 2. The Morgan fingerprint density at radius 3 is 2.33 bits per heavy atom. The van der Waals surface area contributed by atoms with E-state index in [0.717, 1.165) is 5.56 Å². The van der Waals surface area contributed by atoms with Crippen molar-refractivity contribution in [2.45, 2.75) is 6.42 Å². The molecule has 4 rings (SSSR count). The van der Waals surface area contributed by atoms with Crippen LogP contribution >= 0.6 is 0 Å². The van der Waals surface area contributed by atoms with Crippen LogP contribution in [-0.2, 0) is 6.42 Å². The number of hydrogen-bond donors (Lipinski definition) is 1. The maximum Gasteiger partial charge on any atom is 0.261 e. The molecule has 0 saturated carbocycles. The molecule has 0 spiro atoms. The number of carbonyl (C=O) groups is 3. The summed E-state index contributed by atoms with van der Waals surface area (Å²) in [6.07, 6.45) is 0.575. The highest BCUT2D eigenvalue weighted by molar-refractivity contribution is 6.22. The minimum Gasteiger partial charge on any atom is -0.493 e. The van der Waals surface area contributed by atoms with Crippen LogP contribution < -0.4 is 14.8 Å². The van der Waals surface area contributed by atoms with Crippen LogP contribution in [-0.4, -0.2) is 49.4 Å². The van der Waals surface area contributed by atoms with E-state index in [9.17, 15) is 14.4 Å². The van der Waals surface area contributed by atoms with Crippen molar-refractivity contribution in [1.29, 1.82) is 0 Å². The highest BCUT2D eigenvalue weighted by atomic mass is 16.5. The van der Waals surface area contributed by atoms with Crippen molar-refractivity contribution in [2.24, 2.45) is 0 Å². The molecule has 0 radical (unpaired) electrons. The minimum absolute atomic E-state index is 0.252. The quantitative estimate of drug-likeness (QED) is 0.404. The van der Waals surface area contributed by atoms with Crippen LogP contribution in [0.5, 0.6) is 11.5 Å². The summed E-state index contributed by atoms with van der Waals surface area (Å²) < 4.78 is 10.9. The van der Waals surface area contributed by atoms with E-state index in [-0.39, 0.29) is 43.0 Å². The lowest BCUT2D eigenvalue weighted by atomic mass is 10.1. The van der Waals surface area contributed by atoms with E-state index in [1.165, 1.54) is 11.0 Å². The van der Waals surface area contributed by atoms with E-state index < -0.39 is 0 Å². The Morgan fingerprint density at radius 1 is 0.879 bits per heavy atom. The van der Waals surface area contributed by atoms with Crippen molar-refractivity contribution in [1.82, 2.24) is 10.2 Å². The number of carbonyl (C=O) groups excluding carboxylic acids is 3. The minimum atomic E-state index is -0.375. The van der Waals surface area contributed by atoms with Gasteiger partial charge in [-0.05, 0) is 42.3 Å². The number of nitrogens with zero attached hydrogens (tertiary/aromatic N) is 1. The first-order chi connectivity index (χ1) is 16.1. The van der Waals surface area contributed by atoms with Crippen molar-refractivity contribution >= 4 is 17.7 Å². The monoisotopic (exact) mass is 444 g/mol. The van der Waals surface area contributed by atoms with E-state index >= 15 is 0 Å². The SMILES string of the molecule is COc1ccccc1OCCNC(=O)c1ccc2c(c1)C(=O)N(CCc1ccccc1)C2=O. The van der Waals surface area contributed by atoms with Crippen molar-refractivity contribution in [3.63, 3.8) is 0 Å². The lowest BCUT2D eigenvalue weighted by Crippen LogP contribution is -2.31. The summed E-state index contributed by atoms with van der Waals surface area (Å²) in [7, 11) is 1.56. The highest BCUT2D eigenvalue weighted by Gasteiger charge is 2.35. The number of imide groups is 1. The molecule has 0 aliphatic carbocycles. The molecule has 3 amide bonds. The van der Waals surface area contributed by atoms with Crippen molar-refractivity contribution < 1.29 is 23.9 Å². The van der Waals surface area contributed by atoms with Crippen LogP contribution in [0, 0.1) is 0 Å². The summed E-state index contributed by atoms with van der Waals surface area (Å²) in [5, 5.41) is 2.77. The van der Waals surface area contributed by atoms with E-state index in [1.807, 2.05) is 42.5 Å². The largest absolute Gasteiger partial charge is 0.493 e. The fourth-order valence-electron chi connectivity index (χ4n) is 3.69. The predicted molar refractivity (Wildman–Crippen MR) is 123 cm³/mol. The van der Waals surface area contributed by atoms with Gasteiger partial charge in [-0.2, -0.15) is 0 Å². The summed E-state index contributed by atoms with van der Waals surface area (Å²) in [4.78, 5) is 39.3. The fraction of sp³-hybridized carbons (Fsp3) is 0.192. The van der Waals surface area contributed by atoms with Gasteiger partial charge in [0.05, 0.1) is 24.8 Å². The molecular formula is C26H24N2O5. The van der Waals surface area contributed by atoms with Crippen molar-refractivity contribution in [3.8, 4) is 11.5 Å². The molecule has 1 aliphatic rings. The van der Waals surface area contributed by atoms with Gasteiger partial charge in [0.25, 0.3) is 17.7 Å². The normalized spacial score (nSPS) is 12.5. The molecule has 0 unspecified atom stereocenters. The number of fused-ring (bicyclic) bond motifs is 1. The standard InChI is InChI=1S/C26H24N2O5/c1-32-22-9-5-6-10-23(22)33-16-14-27-24(29)19-11-12-20-21(17-19)26(31)28(25(20)30)15-13-18-7-3-2-4-8-18/h2-12,17H,13-16H2,1H3,(H,27,29). The maximum absolute atomic E-state index is 12.8. The lowest BCUT2D eigenvalue weighted by Gasteiger charge is -2.13. The molecule has 3 aromatic carbocycles. The number of methoxy groups -OCH3 is 1. The Hall–Kier alpha value is -4.13. The van der Waals surface area contributed by atoms with Crippen LogP contribution in [0.4, 0.5) is 0 Å². The number of benzene rings is 3. The Bertz CT molecular complexity index is 1180. The molecule has 7 nitrogen and oxygen atoms in total.